The minimum absolute atomic E-state index is 0.0717. The van der Waals surface area contributed by atoms with E-state index in [9.17, 15) is 22.8 Å². The van der Waals surface area contributed by atoms with Gasteiger partial charge in [-0.15, -0.1) is 11.8 Å². The molecule has 0 aromatic heterocycles. The Kier molecular flexibility index (Phi) is 6.78. The van der Waals surface area contributed by atoms with E-state index in [4.69, 9.17) is 11.6 Å². The second-order valence-corrected chi connectivity index (χ2v) is 7.50. The van der Waals surface area contributed by atoms with Crippen LogP contribution in [0.3, 0.4) is 0 Å². The first-order chi connectivity index (χ1) is 12.6. The summed E-state index contributed by atoms with van der Waals surface area (Å²) in [6, 6.07) is 9.99. The minimum Gasteiger partial charge on any atom is -0.326 e. The molecular weight excluding hydrogens is 401 g/mol. The molecule has 0 fully saturated rings. The molecule has 0 spiro atoms. The Morgan fingerprint density at radius 3 is 2.44 bits per heavy atom. The number of nitrogens with one attached hydrogen (secondary N) is 2. The van der Waals surface area contributed by atoms with Gasteiger partial charge in [-0.2, -0.15) is 13.2 Å². The number of anilines is 2. The molecule has 0 aliphatic carbocycles. The van der Waals surface area contributed by atoms with Crippen LogP contribution in [0.1, 0.15) is 19.4 Å². The first kappa shape index (κ1) is 21.1. The molecule has 0 aliphatic heterocycles. The largest absolute Gasteiger partial charge is 0.418 e. The smallest absolute Gasteiger partial charge is 0.326 e. The molecule has 2 amide bonds. The number of amides is 2. The zero-order valence-corrected chi connectivity index (χ0v) is 15.9. The minimum atomic E-state index is -4.64. The maximum atomic E-state index is 13.1. The van der Waals surface area contributed by atoms with E-state index >= 15 is 0 Å². The lowest BCUT2D eigenvalue weighted by Gasteiger charge is -2.17. The number of benzene rings is 2. The number of hydrogen-bond acceptors (Lipinski definition) is 3. The molecule has 1 atom stereocenters. The number of carbonyl (C=O) groups is 2. The molecule has 0 aliphatic rings. The van der Waals surface area contributed by atoms with Crippen LogP contribution in [0.25, 0.3) is 0 Å². The lowest BCUT2D eigenvalue weighted by molar-refractivity contribution is -0.137. The third kappa shape index (κ3) is 6.18. The van der Waals surface area contributed by atoms with Crippen molar-refractivity contribution in [2.75, 3.05) is 10.6 Å². The van der Waals surface area contributed by atoms with Gasteiger partial charge in [0.2, 0.25) is 11.8 Å². The van der Waals surface area contributed by atoms with E-state index in [1.165, 1.54) is 13.0 Å². The first-order valence-electron chi connectivity index (χ1n) is 7.78. The fraction of sp³-hybridized carbons (Fsp3) is 0.222. The van der Waals surface area contributed by atoms with Crippen LogP contribution < -0.4 is 10.6 Å². The van der Waals surface area contributed by atoms with E-state index < -0.39 is 22.9 Å². The van der Waals surface area contributed by atoms with Crippen molar-refractivity contribution in [2.45, 2.75) is 30.2 Å². The highest BCUT2D eigenvalue weighted by Crippen LogP contribution is 2.37. The maximum Gasteiger partial charge on any atom is 0.418 e. The summed E-state index contributed by atoms with van der Waals surface area (Å²) in [4.78, 5) is 24.1. The molecule has 0 bridgehead atoms. The number of rotatable bonds is 5. The van der Waals surface area contributed by atoms with Crippen molar-refractivity contribution in [1.82, 2.24) is 0 Å². The molecule has 9 heteroatoms. The van der Waals surface area contributed by atoms with Crippen LogP contribution in [0, 0.1) is 0 Å². The average Bonchev–Trinajstić information content (AvgIpc) is 2.55. The Hall–Kier alpha value is -2.19. The fourth-order valence-corrected chi connectivity index (χ4v) is 3.30. The lowest BCUT2D eigenvalue weighted by Crippen LogP contribution is -2.24. The predicted octanol–water partition coefficient (Wildman–Crippen LogP) is 5.44. The number of alkyl halides is 3. The first-order valence-corrected chi connectivity index (χ1v) is 9.04. The molecule has 2 rings (SSSR count). The molecule has 0 radical (unpaired) electrons. The summed E-state index contributed by atoms with van der Waals surface area (Å²) in [6.07, 6.45) is -4.64. The Labute approximate surface area is 163 Å². The van der Waals surface area contributed by atoms with Gasteiger partial charge in [-0.1, -0.05) is 17.7 Å². The van der Waals surface area contributed by atoms with E-state index in [2.05, 4.69) is 10.6 Å². The molecular formula is C18H16ClF3N2O2S. The number of carbonyl (C=O) groups excluding carboxylic acids is 2. The molecule has 144 valence electrons. The standard InChI is InChI=1S/C18H16ClF3N2O2S/c1-10(27-14-5-3-4-13(9-14)23-11(2)25)17(26)24-16-7-6-12(19)8-15(16)18(20,21)22/h3-10H,1-2H3,(H,23,25)(H,24,26). The van der Waals surface area contributed by atoms with E-state index in [1.54, 1.807) is 31.2 Å². The van der Waals surface area contributed by atoms with Gasteiger partial charge in [0.25, 0.3) is 0 Å². The average molecular weight is 417 g/mol. The van der Waals surface area contributed by atoms with E-state index in [0.717, 1.165) is 23.9 Å². The van der Waals surface area contributed by atoms with E-state index in [-0.39, 0.29) is 16.6 Å². The SMILES string of the molecule is CC(=O)Nc1cccc(SC(C)C(=O)Nc2ccc(Cl)cc2C(F)(F)F)c1. The van der Waals surface area contributed by atoms with Crippen molar-refractivity contribution < 1.29 is 22.8 Å². The molecule has 1 unspecified atom stereocenters. The summed E-state index contributed by atoms with van der Waals surface area (Å²) in [5.41, 5.74) is -0.790. The van der Waals surface area contributed by atoms with Gasteiger partial charge in [0, 0.05) is 22.5 Å². The second kappa shape index (κ2) is 8.67. The summed E-state index contributed by atoms with van der Waals surface area (Å²) in [7, 11) is 0. The van der Waals surface area contributed by atoms with Crippen molar-refractivity contribution in [3.63, 3.8) is 0 Å². The second-order valence-electron chi connectivity index (χ2n) is 5.65. The molecule has 2 aromatic carbocycles. The normalized spacial score (nSPS) is 12.4. The van der Waals surface area contributed by atoms with Gasteiger partial charge in [-0.25, -0.2) is 0 Å². The van der Waals surface area contributed by atoms with Crippen molar-refractivity contribution >= 4 is 46.6 Å². The maximum absolute atomic E-state index is 13.1. The monoisotopic (exact) mass is 416 g/mol. The lowest BCUT2D eigenvalue weighted by atomic mass is 10.1. The van der Waals surface area contributed by atoms with Gasteiger partial charge in [0.15, 0.2) is 0 Å². The van der Waals surface area contributed by atoms with E-state index in [0.29, 0.717) is 10.6 Å². The van der Waals surface area contributed by atoms with Gasteiger partial charge in [0.05, 0.1) is 16.5 Å². The van der Waals surface area contributed by atoms with E-state index in [1.807, 2.05) is 0 Å². The van der Waals surface area contributed by atoms with Crippen molar-refractivity contribution in [1.29, 1.82) is 0 Å². The summed E-state index contributed by atoms with van der Waals surface area (Å²) < 4.78 is 39.4. The quantitative estimate of drug-likeness (QED) is 0.638. The van der Waals surface area contributed by atoms with Gasteiger partial charge in [-0.3, -0.25) is 9.59 Å². The number of thioether (sulfide) groups is 1. The van der Waals surface area contributed by atoms with Crippen LogP contribution in [-0.2, 0) is 15.8 Å². The summed E-state index contributed by atoms with van der Waals surface area (Å²) in [5, 5.41) is 4.19. The highest BCUT2D eigenvalue weighted by Gasteiger charge is 2.34. The van der Waals surface area contributed by atoms with Gasteiger partial charge >= 0.3 is 6.18 Å². The molecule has 0 saturated carbocycles. The predicted molar refractivity (Wildman–Crippen MR) is 101 cm³/mol. The fourth-order valence-electron chi connectivity index (χ4n) is 2.20. The van der Waals surface area contributed by atoms with Gasteiger partial charge < -0.3 is 10.6 Å². The molecule has 0 saturated heterocycles. The van der Waals surface area contributed by atoms with Crippen LogP contribution in [-0.4, -0.2) is 17.1 Å². The molecule has 27 heavy (non-hydrogen) atoms. The Bertz CT molecular complexity index is 859. The summed E-state index contributed by atoms with van der Waals surface area (Å²) >= 11 is 6.79. The van der Waals surface area contributed by atoms with Crippen LogP contribution in [0.2, 0.25) is 5.02 Å². The topological polar surface area (TPSA) is 58.2 Å². The van der Waals surface area contributed by atoms with Crippen molar-refractivity contribution in [2.24, 2.45) is 0 Å². The molecule has 2 N–H and O–H groups in total. The van der Waals surface area contributed by atoms with Gasteiger partial charge in [-0.05, 0) is 43.3 Å². The zero-order chi connectivity index (χ0) is 20.2. The van der Waals surface area contributed by atoms with Crippen LogP contribution in [0.4, 0.5) is 24.5 Å². The number of halogens is 4. The summed E-state index contributed by atoms with van der Waals surface area (Å²) in [5.74, 6) is -0.817. The highest BCUT2D eigenvalue weighted by atomic mass is 35.5. The molecule has 0 heterocycles. The van der Waals surface area contributed by atoms with Crippen LogP contribution in [0.5, 0.6) is 0 Å². The Balaban J connectivity index is 2.12. The third-order valence-corrected chi connectivity index (χ3v) is 4.71. The van der Waals surface area contributed by atoms with Crippen LogP contribution in [0.15, 0.2) is 47.4 Å². The van der Waals surface area contributed by atoms with Crippen molar-refractivity contribution in [3.05, 3.63) is 53.1 Å². The third-order valence-electron chi connectivity index (χ3n) is 3.38. The Morgan fingerprint density at radius 1 is 1.11 bits per heavy atom. The zero-order valence-electron chi connectivity index (χ0n) is 14.4. The van der Waals surface area contributed by atoms with Gasteiger partial charge in [0.1, 0.15) is 0 Å². The Morgan fingerprint density at radius 2 is 1.81 bits per heavy atom. The van der Waals surface area contributed by atoms with Crippen molar-refractivity contribution in [3.8, 4) is 0 Å². The number of hydrogen-bond donors (Lipinski definition) is 2. The summed E-state index contributed by atoms with van der Waals surface area (Å²) in [6.45, 7) is 2.95. The molecule has 2 aromatic rings. The molecule has 4 nitrogen and oxygen atoms in total. The highest BCUT2D eigenvalue weighted by molar-refractivity contribution is 8.00. The van der Waals surface area contributed by atoms with Crippen LogP contribution >= 0.6 is 23.4 Å².